The van der Waals surface area contributed by atoms with Crippen molar-refractivity contribution in [3.8, 4) is 6.07 Å². The van der Waals surface area contributed by atoms with Gasteiger partial charge < -0.3 is 0 Å². The first-order valence-corrected chi connectivity index (χ1v) is 14.9. The minimum atomic E-state index is -0.685. The van der Waals surface area contributed by atoms with Gasteiger partial charge in [-0.1, -0.05) is 60.1 Å². The van der Waals surface area contributed by atoms with Crippen LogP contribution in [0.2, 0.25) is 0 Å². The van der Waals surface area contributed by atoms with E-state index >= 15 is 0 Å². The van der Waals surface area contributed by atoms with Crippen molar-refractivity contribution in [3.63, 3.8) is 0 Å². The zero-order valence-electron chi connectivity index (χ0n) is 25.4. The summed E-state index contributed by atoms with van der Waals surface area (Å²) in [5.41, 5.74) is 3.79. The van der Waals surface area contributed by atoms with Crippen LogP contribution in [0.15, 0.2) is 23.3 Å². The van der Waals surface area contributed by atoms with E-state index in [4.69, 9.17) is 0 Å². The number of carbonyl (C=O) groups excluding carboxylic acids is 4. The maximum atomic E-state index is 14.4. The molecule has 2 N–H and O–H groups in total. The maximum Gasteiger partial charge on any atom is 0.244 e. The van der Waals surface area contributed by atoms with Gasteiger partial charge in [0.15, 0.2) is 11.6 Å². The van der Waals surface area contributed by atoms with E-state index in [1.807, 2.05) is 32.9 Å². The highest BCUT2D eigenvalue weighted by Crippen LogP contribution is 2.74. The van der Waals surface area contributed by atoms with Crippen LogP contribution in [-0.2, 0) is 19.2 Å². The maximum absolute atomic E-state index is 14.4. The summed E-state index contributed by atoms with van der Waals surface area (Å²) in [5.74, 6) is -0.649. The minimum Gasteiger partial charge on any atom is -0.295 e. The summed E-state index contributed by atoms with van der Waals surface area (Å²) >= 11 is 0. The van der Waals surface area contributed by atoms with Gasteiger partial charge in [-0.15, -0.1) is 0 Å². The van der Waals surface area contributed by atoms with E-state index < -0.39 is 16.2 Å². The van der Waals surface area contributed by atoms with Gasteiger partial charge in [0.05, 0.1) is 5.57 Å². The van der Waals surface area contributed by atoms with Gasteiger partial charge in [-0.25, -0.2) is 0 Å². The molecular formula is C33H45N3O4. The Bertz CT molecular complexity index is 1320. The van der Waals surface area contributed by atoms with Crippen molar-refractivity contribution in [1.82, 2.24) is 10.9 Å². The number of rotatable bonds is 1. The molecule has 5 aliphatic carbocycles. The molecule has 216 valence electrons. The number of hydrogen-bond donors (Lipinski definition) is 2. The number of amides is 2. The monoisotopic (exact) mass is 547 g/mol. The number of carbonyl (C=O) groups is 4. The van der Waals surface area contributed by atoms with Crippen LogP contribution in [-0.4, -0.2) is 23.4 Å². The smallest absolute Gasteiger partial charge is 0.244 e. The Morgan fingerprint density at radius 3 is 2.23 bits per heavy atom. The Labute approximate surface area is 238 Å². The van der Waals surface area contributed by atoms with Gasteiger partial charge in [0.25, 0.3) is 0 Å². The molecule has 0 heterocycles. The quantitative estimate of drug-likeness (QED) is 0.428. The fourth-order valence-corrected chi connectivity index (χ4v) is 10.2. The number of allylic oxidation sites excluding steroid dienone is 4. The third-order valence-corrected chi connectivity index (χ3v) is 13.0. The lowest BCUT2D eigenvalue weighted by Gasteiger charge is -2.69. The highest BCUT2D eigenvalue weighted by atomic mass is 16.2. The standard InChI is InChI=1S/C33H45N3O4/c1-19(37)35-36-27(40)30(5)12-11-29(4)13-14-33(8)25(21(29)17-30)22(38)15-24-31(6)16-20(18-34)26(39)28(2,3)23(31)9-10-32(24,33)7/h15-16,21,23,25H,9-14,17H2,1-8H3,(H,35,37)(H,36,40)/t21-,23-,25-,29+,30-,31-,32+,33+/m0/s1. The molecule has 3 fully saturated rings. The summed E-state index contributed by atoms with van der Waals surface area (Å²) in [7, 11) is 0. The highest BCUT2D eigenvalue weighted by Gasteiger charge is 2.69. The molecule has 5 rings (SSSR count). The first-order chi connectivity index (χ1) is 18.4. The van der Waals surface area contributed by atoms with Crippen LogP contribution in [0.1, 0.15) is 100 Å². The second-order valence-electron chi connectivity index (χ2n) is 15.4. The summed E-state index contributed by atoms with van der Waals surface area (Å²) < 4.78 is 0. The predicted molar refractivity (Wildman–Crippen MR) is 151 cm³/mol. The Morgan fingerprint density at radius 1 is 0.950 bits per heavy atom. The van der Waals surface area contributed by atoms with Crippen LogP contribution < -0.4 is 10.9 Å². The van der Waals surface area contributed by atoms with Gasteiger partial charge in [-0.2, -0.15) is 5.26 Å². The number of nitrogens with one attached hydrogen (secondary N) is 2. The predicted octanol–water partition coefficient (Wildman–Crippen LogP) is 5.37. The Morgan fingerprint density at radius 2 is 1.60 bits per heavy atom. The molecule has 3 saturated carbocycles. The Kier molecular flexibility index (Phi) is 6.21. The number of fused-ring (bicyclic) bond motifs is 7. The second-order valence-corrected chi connectivity index (χ2v) is 15.4. The van der Waals surface area contributed by atoms with E-state index in [2.05, 4.69) is 44.6 Å². The summed E-state index contributed by atoms with van der Waals surface area (Å²) in [4.78, 5) is 52.4. The molecule has 5 aliphatic rings. The molecule has 40 heavy (non-hydrogen) atoms. The van der Waals surface area contributed by atoms with E-state index in [1.165, 1.54) is 6.92 Å². The van der Waals surface area contributed by atoms with E-state index in [-0.39, 0.29) is 63.0 Å². The first-order valence-electron chi connectivity index (χ1n) is 14.9. The van der Waals surface area contributed by atoms with Crippen LogP contribution in [0.3, 0.4) is 0 Å². The highest BCUT2D eigenvalue weighted by molar-refractivity contribution is 6.04. The van der Waals surface area contributed by atoms with Crippen LogP contribution in [0, 0.1) is 61.6 Å². The molecule has 0 aromatic carbocycles. The van der Waals surface area contributed by atoms with Gasteiger partial charge in [0.1, 0.15) is 6.07 Å². The molecular weight excluding hydrogens is 502 g/mol. The van der Waals surface area contributed by atoms with E-state index in [0.29, 0.717) is 12.8 Å². The molecule has 0 bridgehead atoms. The number of Topliss-reactive ketones (excluding diaryl/α,β-unsaturated/α-hetero) is 1. The normalized spacial score (nSPS) is 45.3. The Balaban J connectivity index is 1.60. The number of nitrogens with zero attached hydrogens (tertiary/aromatic N) is 1. The Hall–Kier alpha value is -2.75. The average molecular weight is 548 g/mol. The summed E-state index contributed by atoms with van der Waals surface area (Å²) in [6.07, 6.45) is 9.60. The van der Waals surface area contributed by atoms with Crippen LogP contribution in [0.5, 0.6) is 0 Å². The lowest BCUT2D eigenvalue weighted by molar-refractivity contribution is -0.172. The van der Waals surface area contributed by atoms with E-state index in [1.54, 1.807) is 0 Å². The van der Waals surface area contributed by atoms with E-state index in [9.17, 15) is 24.4 Å². The summed E-state index contributed by atoms with van der Waals surface area (Å²) in [6, 6.07) is 2.17. The van der Waals surface area contributed by atoms with Crippen LogP contribution in [0.4, 0.5) is 0 Å². The third-order valence-electron chi connectivity index (χ3n) is 13.0. The fourth-order valence-electron chi connectivity index (χ4n) is 10.2. The van der Waals surface area contributed by atoms with Gasteiger partial charge in [-0.05, 0) is 79.1 Å². The number of hydrazine groups is 1. The summed E-state index contributed by atoms with van der Waals surface area (Å²) in [6.45, 7) is 16.3. The van der Waals surface area contributed by atoms with Gasteiger partial charge in [-0.3, -0.25) is 30.0 Å². The van der Waals surface area contributed by atoms with Crippen LogP contribution in [0.25, 0.3) is 0 Å². The molecule has 2 amide bonds. The number of hydrogen-bond acceptors (Lipinski definition) is 5. The molecule has 0 aromatic rings. The zero-order chi connectivity index (χ0) is 29.7. The average Bonchev–Trinajstić information content (AvgIpc) is 2.87. The number of nitriles is 1. The van der Waals surface area contributed by atoms with Crippen molar-refractivity contribution in [1.29, 1.82) is 5.26 Å². The summed E-state index contributed by atoms with van der Waals surface area (Å²) in [5, 5.41) is 9.89. The largest absolute Gasteiger partial charge is 0.295 e. The van der Waals surface area contributed by atoms with Gasteiger partial charge >= 0.3 is 0 Å². The molecule has 8 atom stereocenters. The van der Waals surface area contributed by atoms with Crippen molar-refractivity contribution >= 4 is 23.4 Å². The lowest BCUT2D eigenvalue weighted by atomic mass is 9.34. The molecule has 0 radical (unpaired) electrons. The second kappa shape index (κ2) is 8.63. The lowest BCUT2D eigenvalue weighted by Crippen LogP contribution is -2.65. The molecule has 7 heteroatoms. The number of ketones is 2. The molecule has 0 unspecified atom stereocenters. The minimum absolute atomic E-state index is 0.0150. The van der Waals surface area contributed by atoms with Gasteiger partial charge in [0, 0.05) is 29.1 Å². The topological polar surface area (TPSA) is 116 Å². The zero-order valence-corrected chi connectivity index (χ0v) is 25.4. The van der Waals surface area contributed by atoms with Crippen molar-refractivity contribution in [3.05, 3.63) is 23.3 Å². The SMILES string of the molecule is CC(=O)NNC(=O)[C@@]1(C)CC[C@]2(C)CC[C@]3(C)[C@H](C(=O)C=C4[C@@]5(C)C=C(C#N)C(=O)C(C)(C)[C@@H]5CC[C@]43C)[C@@H]2C1. The molecule has 0 saturated heterocycles. The van der Waals surface area contributed by atoms with Crippen molar-refractivity contribution in [2.24, 2.45) is 50.2 Å². The van der Waals surface area contributed by atoms with Crippen molar-refractivity contribution in [2.45, 2.75) is 100 Å². The molecule has 0 aliphatic heterocycles. The fraction of sp³-hybridized carbons (Fsp3) is 0.727. The van der Waals surface area contributed by atoms with Crippen LogP contribution >= 0.6 is 0 Å². The molecule has 7 nitrogen and oxygen atoms in total. The van der Waals surface area contributed by atoms with Crippen molar-refractivity contribution in [2.75, 3.05) is 0 Å². The first kappa shape index (κ1) is 28.8. The van der Waals surface area contributed by atoms with E-state index in [0.717, 1.165) is 37.7 Å². The molecule has 0 spiro atoms. The van der Waals surface area contributed by atoms with Crippen molar-refractivity contribution < 1.29 is 19.2 Å². The van der Waals surface area contributed by atoms with Gasteiger partial charge in [0.2, 0.25) is 11.8 Å². The molecule has 0 aromatic heterocycles. The third kappa shape index (κ3) is 3.59.